The lowest BCUT2D eigenvalue weighted by Crippen LogP contribution is -2.05. The molecule has 5 aromatic rings. The van der Waals surface area contributed by atoms with Crippen LogP contribution in [0.1, 0.15) is 17.3 Å². The molecule has 2 aromatic heterocycles. The van der Waals surface area contributed by atoms with Crippen LogP contribution in [0.5, 0.6) is 0 Å². The fourth-order valence-corrected chi connectivity index (χ4v) is 3.88. The van der Waals surface area contributed by atoms with Gasteiger partial charge in [-0.05, 0) is 55.5 Å². The van der Waals surface area contributed by atoms with E-state index in [9.17, 15) is 4.79 Å². The highest BCUT2D eigenvalue weighted by Gasteiger charge is 2.18. The summed E-state index contributed by atoms with van der Waals surface area (Å²) in [6.45, 7) is 2.12. The van der Waals surface area contributed by atoms with Crippen LogP contribution < -0.4 is 0 Å². The van der Waals surface area contributed by atoms with Crippen molar-refractivity contribution >= 4 is 44.2 Å². The fraction of sp³-hybridized carbons (Fsp3) is 0.0833. The molecule has 0 unspecified atom stereocenters. The maximum atomic E-state index is 12.1. The lowest BCUT2D eigenvalue weighted by Gasteiger charge is -2.10. The normalized spacial score (nSPS) is 11.2. The molecule has 0 aliphatic rings. The van der Waals surface area contributed by atoms with E-state index >= 15 is 0 Å². The number of ether oxygens (including phenoxy) is 1. The molecule has 0 aliphatic carbocycles. The Balaban J connectivity index is 1.75. The molecule has 0 amide bonds. The molecular formula is C24H17BrN4O2. The van der Waals surface area contributed by atoms with Crippen LogP contribution >= 0.6 is 15.9 Å². The van der Waals surface area contributed by atoms with Gasteiger partial charge in [0.2, 0.25) is 0 Å². The zero-order valence-electron chi connectivity index (χ0n) is 16.6. The van der Waals surface area contributed by atoms with Gasteiger partial charge in [-0.3, -0.25) is 4.57 Å². The minimum Gasteiger partial charge on any atom is -0.462 e. The average molecular weight is 473 g/mol. The molecule has 0 saturated heterocycles. The van der Waals surface area contributed by atoms with E-state index in [2.05, 4.69) is 15.9 Å². The van der Waals surface area contributed by atoms with Gasteiger partial charge < -0.3 is 4.74 Å². The number of carbonyl (C=O) groups excluding carboxylic acids is 1. The molecule has 0 saturated carbocycles. The molecule has 31 heavy (non-hydrogen) atoms. The van der Waals surface area contributed by atoms with Crippen LogP contribution in [0.25, 0.3) is 39.4 Å². The second-order valence-electron chi connectivity index (χ2n) is 6.91. The number of imidazole rings is 1. The predicted octanol–water partition coefficient (Wildman–Crippen LogP) is 5.57. The van der Waals surface area contributed by atoms with Crippen LogP contribution in [0.4, 0.5) is 0 Å². The van der Waals surface area contributed by atoms with Gasteiger partial charge in [-0.25, -0.2) is 19.7 Å². The first-order valence-corrected chi connectivity index (χ1v) is 10.6. The standard InChI is InChI=1S/C24H17BrN4O2/c1-2-31-24(30)15-10-12-18(13-11-15)29-22(16-6-5-7-17(25)14-16)28-21-23(29)27-20-9-4-3-8-19(20)26-21/h3-14H,2H2,1H3. The first-order chi connectivity index (χ1) is 15.1. The summed E-state index contributed by atoms with van der Waals surface area (Å²) in [5, 5.41) is 0. The Kier molecular flexibility index (Phi) is 4.95. The van der Waals surface area contributed by atoms with Gasteiger partial charge in [-0.15, -0.1) is 0 Å². The zero-order valence-corrected chi connectivity index (χ0v) is 18.2. The first kappa shape index (κ1) is 19.4. The fourth-order valence-electron chi connectivity index (χ4n) is 3.48. The molecule has 0 spiro atoms. The minimum absolute atomic E-state index is 0.336. The second-order valence-corrected chi connectivity index (χ2v) is 7.82. The zero-order chi connectivity index (χ0) is 21.4. The third-order valence-corrected chi connectivity index (χ3v) is 5.38. The summed E-state index contributed by atoms with van der Waals surface area (Å²) in [7, 11) is 0. The molecule has 2 heterocycles. The summed E-state index contributed by atoms with van der Waals surface area (Å²) in [5.74, 6) is 0.373. The number of benzene rings is 3. The smallest absolute Gasteiger partial charge is 0.338 e. The summed E-state index contributed by atoms with van der Waals surface area (Å²) in [5.41, 5.74) is 5.04. The van der Waals surface area contributed by atoms with Gasteiger partial charge in [0.1, 0.15) is 5.82 Å². The van der Waals surface area contributed by atoms with E-state index in [1.54, 1.807) is 19.1 Å². The molecule has 0 bridgehead atoms. The van der Waals surface area contributed by atoms with E-state index in [1.807, 2.05) is 65.2 Å². The maximum Gasteiger partial charge on any atom is 0.338 e. The topological polar surface area (TPSA) is 69.9 Å². The van der Waals surface area contributed by atoms with Gasteiger partial charge in [-0.1, -0.05) is 40.2 Å². The number of halogens is 1. The Hall–Kier alpha value is -3.58. The Morgan fingerprint density at radius 1 is 0.935 bits per heavy atom. The highest BCUT2D eigenvalue weighted by atomic mass is 79.9. The van der Waals surface area contributed by atoms with Crippen LogP contribution in [0, 0.1) is 0 Å². The molecule has 152 valence electrons. The molecule has 7 heteroatoms. The summed E-state index contributed by atoms with van der Waals surface area (Å²) in [6, 6.07) is 22.9. The molecule has 0 N–H and O–H groups in total. The first-order valence-electron chi connectivity index (χ1n) is 9.83. The van der Waals surface area contributed by atoms with Crippen molar-refractivity contribution in [1.82, 2.24) is 19.5 Å². The minimum atomic E-state index is -0.345. The molecule has 0 atom stereocenters. The molecule has 5 rings (SSSR count). The van der Waals surface area contributed by atoms with Crippen LogP contribution in [0.3, 0.4) is 0 Å². The maximum absolute atomic E-state index is 12.1. The third kappa shape index (κ3) is 3.57. The number of aromatic nitrogens is 4. The highest BCUT2D eigenvalue weighted by molar-refractivity contribution is 9.10. The van der Waals surface area contributed by atoms with Gasteiger partial charge in [0.15, 0.2) is 11.3 Å². The average Bonchev–Trinajstić information content (AvgIpc) is 3.16. The van der Waals surface area contributed by atoms with Gasteiger partial charge in [0, 0.05) is 15.7 Å². The molecule has 0 radical (unpaired) electrons. The number of hydrogen-bond acceptors (Lipinski definition) is 5. The number of esters is 1. The van der Waals surface area contributed by atoms with Crippen molar-refractivity contribution in [3.63, 3.8) is 0 Å². The summed E-state index contributed by atoms with van der Waals surface area (Å²) < 4.78 is 8.01. The highest BCUT2D eigenvalue weighted by Crippen LogP contribution is 2.29. The van der Waals surface area contributed by atoms with E-state index in [4.69, 9.17) is 19.7 Å². The number of hydrogen-bond donors (Lipinski definition) is 0. The van der Waals surface area contributed by atoms with Crippen LogP contribution in [-0.2, 0) is 4.74 Å². The van der Waals surface area contributed by atoms with E-state index in [1.165, 1.54) is 0 Å². The summed E-state index contributed by atoms with van der Waals surface area (Å²) >= 11 is 3.54. The second kappa shape index (κ2) is 7.92. The van der Waals surface area contributed by atoms with Crippen molar-refractivity contribution in [2.75, 3.05) is 6.61 Å². The van der Waals surface area contributed by atoms with Crippen molar-refractivity contribution in [3.8, 4) is 17.1 Å². The molecule has 0 fully saturated rings. The van der Waals surface area contributed by atoms with Crippen molar-refractivity contribution in [2.24, 2.45) is 0 Å². The van der Waals surface area contributed by atoms with E-state index in [0.29, 0.717) is 23.5 Å². The number of carbonyl (C=O) groups is 1. The number of nitrogens with zero attached hydrogens (tertiary/aromatic N) is 4. The Labute approximate surface area is 186 Å². The lowest BCUT2D eigenvalue weighted by molar-refractivity contribution is 0.0526. The summed E-state index contributed by atoms with van der Waals surface area (Å²) in [6.07, 6.45) is 0. The SMILES string of the molecule is CCOC(=O)c1ccc(-n2c(-c3cccc(Br)c3)nc3nc4ccccc4nc32)cc1. The van der Waals surface area contributed by atoms with Crippen molar-refractivity contribution in [3.05, 3.63) is 82.8 Å². The largest absolute Gasteiger partial charge is 0.462 e. The van der Waals surface area contributed by atoms with Gasteiger partial charge in [0.25, 0.3) is 0 Å². The Morgan fingerprint density at radius 3 is 2.39 bits per heavy atom. The quantitative estimate of drug-likeness (QED) is 0.319. The molecule has 3 aromatic carbocycles. The summed E-state index contributed by atoms with van der Waals surface area (Å²) in [4.78, 5) is 26.4. The molecular weight excluding hydrogens is 456 g/mol. The third-order valence-electron chi connectivity index (χ3n) is 4.89. The lowest BCUT2D eigenvalue weighted by atomic mass is 10.2. The van der Waals surface area contributed by atoms with Crippen molar-refractivity contribution in [2.45, 2.75) is 6.92 Å². The molecule has 6 nitrogen and oxygen atoms in total. The predicted molar refractivity (Wildman–Crippen MR) is 123 cm³/mol. The Bertz CT molecular complexity index is 1430. The monoisotopic (exact) mass is 472 g/mol. The van der Waals surface area contributed by atoms with Gasteiger partial charge >= 0.3 is 5.97 Å². The Morgan fingerprint density at radius 2 is 1.68 bits per heavy atom. The number of fused-ring (bicyclic) bond motifs is 2. The van der Waals surface area contributed by atoms with Crippen LogP contribution in [-0.4, -0.2) is 32.1 Å². The number of para-hydroxylation sites is 2. The van der Waals surface area contributed by atoms with E-state index < -0.39 is 0 Å². The van der Waals surface area contributed by atoms with Crippen LogP contribution in [0.2, 0.25) is 0 Å². The van der Waals surface area contributed by atoms with Crippen LogP contribution in [0.15, 0.2) is 77.3 Å². The van der Waals surface area contributed by atoms with E-state index in [0.717, 1.165) is 32.6 Å². The van der Waals surface area contributed by atoms with E-state index in [-0.39, 0.29) is 5.97 Å². The molecule has 0 aliphatic heterocycles. The van der Waals surface area contributed by atoms with Crippen molar-refractivity contribution < 1.29 is 9.53 Å². The van der Waals surface area contributed by atoms with Gasteiger partial charge in [-0.2, -0.15) is 0 Å². The van der Waals surface area contributed by atoms with Gasteiger partial charge in [0.05, 0.1) is 23.2 Å². The number of rotatable bonds is 4. The van der Waals surface area contributed by atoms with Crippen molar-refractivity contribution in [1.29, 1.82) is 0 Å².